The normalized spacial score (nSPS) is 11.9. The van der Waals surface area contributed by atoms with Crippen LogP contribution < -0.4 is 15.9 Å². The minimum absolute atomic E-state index is 0.0484. The van der Waals surface area contributed by atoms with Gasteiger partial charge < -0.3 is 9.15 Å². The first-order chi connectivity index (χ1) is 16.8. The molecule has 0 fully saturated rings. The Hall–Kier alpha value is -3.10. The maximum atomic E-state index is 13.5. The molecule has 7 nitrogen and oxygen atoms in total. The van der Waals surface area contributed by atoms with E-state index in [4.69, 9.17) is 14.1 Å². The molecular formula is C27H31N3O4S. The monoisotopic (exact) mass is 493 g/mol. The smallest absolute Gasteiger partial charge is 0.336 e. The second kappa shape index (κ2) is 10.7. The SMILES string of the molecule is COc1ccc2c(CSc3nc4ccccc4c(=O)n3CCN(C(C)C)C(C)C)cc(=O)oc2c1. The van der Waals surface area contributed by atoms with Crippen molar-refractivity contribution in [3.05, 3.63) is 74.9 Å². The molecule has 35 heavy (non-hydrogen) atoms. The van der Waals surface area contributed by atoms with E-state index in [0.29, 0.717) is 51.8 Å². The standard InChI is InChI=1S/C27H31N3O4S/c1-17(2)29(18(3)4)12-13-30-26(32)22-8-6-7-9-23(22)28-27(30)35-16-19-14-25(31)34-24-15-20(33-5)10-11-21(19)24/h6-11,14-15,17-18H,12-13,16H2,1-5H3. The van der Waals surface area contributed by atoms with Crippen molar-refractivity contribution in [3.8, 4) is 5.75 Å². The van der Waals surface area contributed by atoms with Crippen molar-refractivity contribution < 1.29 is 9.15 Å². The fourth-order valence-corrected chi connectivity index (χ4v) is 5.40. The molecule has 0 bridgehead atoms. The number of thioether (sulfide) groups is 1. The van der Waals surface area contributed by atoms with E-state index in [1.54, 1.807) is 17.7 Å². The van der Waals surface area contributed by atoms with Crippen molar-refractivity contribution in [1.29, 1.82) is 0 Å². The first-order valence-corrected chi connectivity index (χ1v) is 12.8. The summed E-state index contributed by atoms with van der Waals surface area (Å²) >= 11 is 1.45. The summed E-state index contributed by atoms with van der Waals surface area (Å²) < 4.78 is 12.4. The van der Waals surface area contributed by atoms with Gasteiger partial charge in [0.25, 0.3) is 5.56 Å². The summed E-state index contributed by atoms with van der Waals surface area (Å²) in [6, 6.07) is 15.1. The van der Waals surface area contributed by atoms with E-state index in [0.717, 1.165) is 17.5 Å². The van der Waals surface area contributed by atoms with E-state index in [2.05, 4.69) is 32.6 Å². The molecule has 0 aliphatic carbocycles. The number of benzene rings is 2. The minimum Gasteiger partial charge on any atom is -0.497 e. The lowest BCUT2D eigenvalue weighted by Gasteiger charge is -2.30. The Morgan fingerprint density at radius 2 is 1.77 bits per heavy atom. The molecule has 0 saturated carbocycles. The van der Waals surface area contributed by atoms with Crippen LogP contribution >= 0.6 is 11.8 Å². The first-order valence-electron chi connectivity index (χ1n) is 11.8. The van der Waals surface area contributed by atoms with Gasteiger partial charge in [0.15, 0.2) is 5.16 Å². The van der Waals surface area contributed by atoms with Gasteiger partial charge >= 0.3 is 5.63 Å². The van der Waals surface area contributed by atoms with Crippen LogP contribution in [0.5, 0.6) is 5.75 Å². The Kier molecular flexibility index (Phi) is 7.62. The van der Waals surface area contributed by atoms with Gasteiger partial charge in [-0.3, -0.25) is 14.3 Å². The van der Waals surface area contributed by atoms with Crippen molar-refractivity contribution in [1.82, 2.24) is 14.5 Å². The third kappa shape index (κ3) is 5.44. The maximum Gasteiger partial charge on any atom is 0.336 e. The molecule has 8 heteroatoms. The molecule has 0 unspecified atom stereocenters. The van der Waals surface area contributed by atoms with Crippen LogP contribution in [-0.4, -0.2) is 40.2 Å². The van der Waals surface area contributed by atoms with Crippen molar-refractivity contribution >= 4 is 33.6 Å². The number of ether oxygens (including phenoxy) is 1. The highest BCUT2D eigenvalue weighted by molar-refractivity contribution is 7.98. The van der Waals surface area contributed by atoms with Crippen LogP contribution in [0.2, 0.25) is 0 Å². The summed E-state index contributed by atoms with van der Waals surface area (Å²) in [6.07, 6.45) is 0. The molecule has 0 radical (unpaired) electrons. The molecule has 0 aliphatic heterocycles. The lowest BCUT2D eigenvalue weighted by molar-refractivity contribution is 0.166. The van der Waals surface area contributed by atoms with Crippen molar-refractivity contribution in [3.63, 3.8) is 0 Å². The maximum absolute atomic E-state index is 13.5. The summed E-state index contributed by atoms with van der Waals surface area (Å²) in [5.74, 6) is 1.09. The molecule has 4 rings (SSSR count). The van der Waals surface area contributed by atoms with Crippen LogP contribution in [0.15, 0.2) is 67.7 Å². The molecule has 2 heterocycles. The molecule has 0 N–H and O–H groups in total. The zero-order valence-corrected chi connectivity index (χ0v) is 21.6. The number of hydrogen-bond donors (Lipinski definition) is 0. The highest BCUT2D eigenvalue weighted by atomic mass is 32.2. The highest BCUT2D eigenvalue weighted by Gasteiger charge is 2.17. The summed E-state index contributed by atoms with van der Waals surface area (Å²) in [5, 5.41) is 2.07. The minimum atomic E-state index is -0.422. The lowest BCUT2D eigenvalue weighted by atomic mass is 10.1. The van der Waals surface area contributed by atoms with E-state index < -0.39 is 5.63 Å². The van der Waals surface area contributed by atoms with E-state index in [-0.39, 0.29) is 5.56 Å². The zero-order valence-electron chi connectivity index (χ0n) is 20.8. The first kappa shape index (κ1) is 25.0. The Bertz CT molecular complexity index is 1450. The third-order valence-corrected chi connectivity index (χ3v) is 7.15. The molecule has 0 aliphatic rings. The molecule has 0 spiro atoms. The number of aromatic nitrogens is 2. The van der Waals surface area contributed by atoms with Crippen molar-refractivity contribution in [2.75, 3.05) is 13.7 Å². The van der Waals surface area contributed by atoms with Gasteiger partial charge in [0, 0.05) is 48.4 Å². The number of para-hydroxylation sites is 1. The Morgan fingerprint density at radius 1 is 1.03 bits per heavy atom. The fraction of sp³-hybridized carbons (Fsp3) is 0.370. The van der Waals surface area contributed by atoms with E-state index >= 15 is 0 Å². The number of nitrogens with zero attached hydrogens (tertiary/aromatic N) is 3. The van der Waals surface area contributed by atoms with Crippen LogP contribution in [0.4, 0.5) is 0 Å². The lowest BCUT2D eigenvalue weighted by Crippen LogP contribution is -2.40. The van der Waals surface area contributed by atoms with Crippen molar-refractivity contribution in [2.24, 2.45) is 0 Å². The average Bonchev–Trinajstić information content (AvgIpc) is 2.83. The Morgan fingerprint density at radius 3 is 2.49 bits per heavy atom. The van der Waals surface area contributed by atoms with Crippen LogP contribution in [0, 0.1) is 0 Å². The molecular weight excluding hydrogens is 462 g/mol. The summed E-state index contributed by atoms with van der Waals surface area (Å²) in [5.41, 5.74) is 1.50. The second-order valence-corrected chi connectivity index (χ2v) is 9.98. The molecule has 184 valence electrons. The molecule has 2 aromatic carbocycles. The quantitative estimate of drug-likeness (QED) is 0.186. The Labute approximate surface area is 208 Å². The van der Waals surface area contributed by atoms with Gasteiger partial charge in [-0.25, -0.2) is 9.78 Å². The molecule has 0 saturated heterocycles. The number of rotatable bonds is 9. The van der Waals surface area contributed by atoms with E-state index in [9.17, 15) is 9.59 Å². The van der Waals surface area contributed by atoms with Gasteiger partial charge in [-0.1, -0.05) is 23.9 Å². The van der Waals surface area contributed by atoms with Gasteiger partial charge in [0.1, 0.15) is 11.3 Å². The topological polar surface area (TPSA) is 77.6 Å². The molecule has 4 aromatic rings. The number of methoxy groups -OCH3 is 1. The molecule has 0 amide bonds. The van der Waals surface area contributed by atoms with Crippen LogP contribution in [0.3, 0.4) is 0 Å². The predicted octanol–water partition coefficient (Wildman–Crippen LogP) is 4.92. The van der Waals surface area contributed by atoms with Gasteiger partial charge in [-0.05, 0) is 57.5 Å². The summed E-state index contributed by atoms with van der Waals surface area (Å²) in [6.45, 7) is 9.93. The largest absolute Gasteiger partial charge is 0.497 e. The Balaban J connectivity index is 1.71. The second-order valence-electron chi connectivity index (χ2n) is 9.04. The van der Waals surface area contributed by atoms with Crippen molar-refractivity contribution in [2.45, 2.75) is 57.2 Å². The van der Waals surface area contributed by atoms with Gasteiger partial charge in [0.2, 0.25) is 0 Å². The van der Waals surface area contributed by atoms with E-state index in [1.807, 2.05) is 36.4 Å². The third-order valence-electron chi connectivity index (χ3n) is 6.13. The summed E-state index contributed by atoms with van der Waals surface area (Å²) in [4.78, 5) is 32.9. The highest BCUT2D eigenvalue weighted by Crippen LogP contribution is 2.28. The van der Waals surface area contributed by atoms with Crippen LogP contribution in [0.1, 0.15) is 33.3 Å². The predicted molar refractivity (Wildman–Crippen MR) is 142 cm³/mol. The number of fused-ring (bicyclic) bond motifs is 2. The summed E-state index contributed by atoms with van der Waals surface area (Å²) in [7, 11) is 1.57. The molecule has 2 aromatic heterocycles. The number of hydrogen-bond acceptors (Lipinski definition) is 7. The fourth-order valence-electron chi connectivity index (χ4n) is 4.38. The van der Waals surface area contributed by atoms with E-state index in [1.165, 1.54) is 17.8 Å². The average molecular weight is 494 g/mol. The van der Waals surface area contributed by atoms with Gasteiger partial charge in [-0.2, -0.15) is 0 Å². The molecule has 0 atom stereocenters. The van der Waals surface area contributed by atoms with Gasteiger partial charge in [-0.15, -0.1) is 0 Å². The zero-order chi connectivity index (χ0) is 25.1. The van der Waals surface area contributed by atoms with Crippen LogP contribution in [-0.2, 0) is 12.3 Å². The van der Waals surface area contributed by atoms with Crippen LogP contribution in [0.25, 0.3) is 21.9 Å². The van der Waals surface area contributed by atoms with Gasteiger partial charge in [0.05, 0.1) is 18.0 Å².